The molecule has 1 heterocycles. The number of hydrogen-bond donors (Lipinski definition) is 1. The van der Waals surface area contributed by atoms with E-state index in [0.717, 1.165) is 23.4 Å². The Morgan fingerprint density at radius 2 is 2.09 bits per heavy atom. The van der Waals surface area contributed by atoms with Gasteiger partial charge in [-0.05, 0) is 49.2 Å². The van der Waals surface area contributed by atoms with Gasteiger partial charge in [0.1, 0.15) is 11.5 Å². The SMILES string of the molecule is CCC(C)(C)C(=O)Nc1ccc(Oc2cccnc2)c(C)c1. The minimum atomic E-state index is -0.376. The predicted octanol–water partition coefficient (Wildman–Crippen LogP) is 4.56. The van der Waals surface area contributed by atoms with Crippen LogP contribution < -0.4 is 10.1 Å². The molecule has 0 atom stereocenters. The van der Waals surface area contributed by atoms with Crippen molar-refractivity contribution >= 4 is 11.6 Å². The summed E-state index contributed by atoms with van der Waals surface area (Å²) in [4.78, 5) is 16.2. The third-order valence-corrected chi connectivity index (χ3v) is 3.79. The first-order valence-corrected chi connectivity index (χ1v) is 7.42. The predicted molar refractivity (Wildman–Crippen MR) is 88.2 cm³/mol. The second-order valence-electron chi connectivity index (χ2n) is 5.96. The Kier molecular flexibility index (Phi) is 4.81. The molecule has 116 valence electrons. The molecule has 0 aliphatic heterocycles. The molecule has 0 unspecified atom stereocenters. The molecular formula is C18H22N2O2. The number of amides is 1. The van der Waals surface area contributed by atoms with Crippen LogP contribution in [0.3, 0.4) is 0 Å². The summed E-state index contributed by atoms with van der Waals surface area (Å²) in [6.45, 7) is 7.84. The average Bonchev–Trinajstić information content (AvgIpc) is 2.51. The van der Waals surface area contributed by atoms with Gasteiger partial charge in [0.2, 0.25) is 5.91 Å². The van der Waals surface area contributed by atoms with Crippen LogP contribution in [0.1, 0.15) is 32.8 Å². The van der Waals surface area contributed by atoms with Gasteiger partial charge in [-0.1, -0.05) is 20.8 Å². The van der Waals surface area contributed by atoms with Crippen molar-refractivity contribution in [1.82, 2.24) is 4.98 Å². The second kappa shape index (κ2) is 6.60. The van der Waals surface area contributed by atoms with Crippen molar-refractivity contribution in [3.63, 3.8) is 0 Å². The molecule has 22 heavy (non-hydrogen) atoms. The monoisotopic (exact) mass is 298 g/mol. The van der Waals surface area contributed by atoms with E-state index in [9.17, 15) is 4.79 Å². The molecule has 2 aromatic rings. The molecule has 1 aromatic heterocycles. The van der Waals surface area contributed by atoms with E-state index in [-0.39, 0.29) is 11.3 Å². The zero-order valence-electron chi connectivity index (χ0n) is 13.5. The molecule has 4 nitrogen and oxygen atoms in total. The molecule has 0 aliphatic carbocycles. The van der Waals surface area contributed by atoms with E-state index in [1.54, 1.807) is 12.4 Å². The Balaban J connectivity index is 2.11. The third kappa shape index (κ3) is 3.85. The zero-order chi connectivity index (χ0) is 16.2. The van der Waals surface area contributed by atoms with Gasteiger partial charge in [-0.15, -0.1) is 0 Å². The molecule has 0 aliphatic rings. The van der Waals surface area contributed by atoms with Crippen LogP contribution in [-0.2, 0) is 4.79 Å². The maximum Gasteiger partial charge on any atom is 0.230 e. The largest absolute Gasteiger partial charge is 0.455 e. The van der Waals surface area contributed by atoms with E-state index < -0.39 is 0 Å². The van der Waals surface area contributed by atoms with Crippen molar-refractivity contribution in [2.24, 2.45) is 5.41 Å². The normalized spacial score (nSPS) is 11.1. The first kappa shape index (κ1) is 16.0. The maximum absolute atomic E-state index is 12.2. The van der Waals surface area contributed by atoms with Crippen LogP contribution >= 0.6 is 0 Å². The zero-order valence-corrected chi connectivity index (χ0v) is 13.5. The van der Waals surface area contributed by atoms with Crippen LogP contribution in [0, 0.1) is 12.3 Å². The number of nitrogens with zero attached hydrogens (tertiary/aromatic N) is 1. The van der Waals surface area contributed by atoms with Crippen LogP contribution in [0.5, 0.6) is 11.5 Å². The van der Waals surface area contributed by atoms with Crippen LogP contribution in [0.15, 0.2) is 42.7 Å². The van der Waals surface area contributed by atoms with E-state index >= 15 is 0 Å². The minimum absolute atomic E-state index is 0.0235. The summed E-state index contributed by atoms with van der Waals surface area (Å²) >= 11 is 0. The Morgan fingerprint density at radius 1 is 1.32 bits per heavy atom. The molecule has 0 fully saturated rings. The molecule has 1 N–H and O–H groups in total. The van der Waals surface area contributed by atoms with Gasteiger partial charge < -0.3 is 10.1 Å². The molecule has 1 amide bonds. The second-order valence-corrected chi connectivity index (χ2v) is 5.96. The lowest BCUT2D eigenvalue weighted by Crippen LogP contribution is -2.29. The molecule has 0 radical (unpaired) electrons. The fourth-order valence-corrected chi connectivity index (χ4v) is 1.84. The number of carbonyl (C=O) groups is 1. The van der Waals surface area contributed by atoms with Crippen molar-refractivity contribution in [2.75, 3.05) is 5.32 Å². The van der Waals surface area contributed by atoms with Crippen LogP contribution in [0.25, 0.3) is 0 Å². The highest BCUT2D eigenvalue weighted by atomic mass is 16.5. The van der Waals surface area contributed by atoms with Gasteiger partial charge in [-0.25, -0.2) is 0 Å². The van der Waals surface area contributed by atoms with Crippen molar-refractivity contribution in [1.29, 1.82) is 0 Å². The molecule has 0 spiro atoms. The number of pyridine rings is 1. The van der Waals surface area contributed by atoms with Gasteiger partial charge in [0.25, 0.3) is 0 Å². The van der Waals surface area contributed by atoms with Gasteiger partial charge in [0.05, 0.1) is 6.20 Å². The topological polar surface area (TPSA) is 51.2 Å². The Hall–Kier alpha value is -2.36. The van der Waals surface area contributed by atoms with Gasteiger partial charge in [-0.3, -0.25) is 9.78 Å². The molecule has 0 bridgehead atoms. The summed E-state index contributed by atoms with van der Waals surface area (Å²) in [6, 6.07) is 9.30. The lowest BCUT2D eigenvalue weighted by molar-refractivity contribution is -0.124. The first-order chi connectivity index (χ1) is 10.4. The Bertz CT molecular complexity index is 651. The average molecular weight is 298 g/mol. The van der Waals surface area contributed by atoms with Crippen LogP contribution in [0.2, 0.25) is 0 Å². The van der Waals surface area contributed by atoms with E-state index in [4.69, 9.17) is 4.74 Å². The molecule has 0 saturated carbocycles. The molecule has 4 heteroatoms. The highest BCUT2D eigenvalue weighted by molar-refractivity contribution is 5.94. The van der Waals surface area contributed by atoms with E-state index in [1.807, 2.05) is 58.0 Å². The number of nitrogens with one attached hydrogen (secondary N) is 1. The number of aromatic nitrogens is 1. The van der Waals surface area contributed by atoms with Gasteiger partial charge >= 0.3 is 0 Å². The lowest BCUT2D eigenvalue weighted by Gasteiger charge is -2.21. The maximum atomic E-state index is 12.2. The number of benzene rings is 1. The van der Waals surface area contributed by atoms with Crippen molar-refractivity contribution < 1.29 is 9.53 Å². The third-order valence-electron chi connectivity index (χ3n) is 3.79. The van der Waals surface area contributed by atoms with E-state index in [1.165, 1.54) is 0 Å². The fraction of sp³-hybridized carbons (Fsp3) is 0.333. The number of rotatable bonds is 5. The number of aryl methyl sites for hydroxylation is 1. The quantitative estimate of drug-likeness (QED) is 0.880. The summed E-state index contributed by atoms with van der Waals surface area (Å²) in [5.41, 5.74) is 1.36. The number of carbonyl (C=O) groups excluding carboxylic acids is 1. The molecule has 0 saturated heterocycles. The summed E-state index contributed by atoms with van der Waals surface area (Å²) in [5, 5.41) is 2.96. The van der Waals surface area contributed by atoms with Crippen LogP contribution in [0.4, 0.5) is 5.69 Å². The van der Waals surface area contributed by atoms with Crippen molar-refractivity contribution in [2.45, 2.75) is 34.1 Å². The standard InChI is InChI=1S/C18H22N2O2/c1-5-18(3,4)17(21)20-14-8-9-16(13(2)11-14)22-15-7-6-10-19-12-15/h6-12H,5H2,1-4H3,(H,20,21). The summed E-state index contributed by atoms with van der Waals surface area (Å²) in [5.74, 6) is 1.46. The first-order valence-electron chi connectivity index (χ1n) is 7.42. The summed E-state index contributed by atoms with van der Waals surface area (Å²) in [6.07, 6.45) is 4.16. The van der Waals surface area contributed by atoms with E-state index in [0.29, 0.717) is 5.75 Å². The minimum Gasteiger partial charge on any atom is -0.455 e. The van der Waals surface area contributed by atoms with Crippen LogP contribution in [-0.4, -0.2) is 10.9 Å². The highest BCUT2D eigenvalue weighted by Crippen LogP contribution is 2.28. The Morgan fingerprint density at radius 3 is 2.68 bits per heavy atom. The smallest absolute Gasteiger partial charge is 0.230 e. The van der Waals surface area contributed by atoms with Crippen molar-refractivity contribution in [3.05, 3.63) is 48.3 Å². The molecule has 1 aromatic carbocycles. The number of hydrogen-bond acceptors (Lipinski definition) is 3. The van der Waals surface area contributed by atoms with Crippen molar-refractivity contribution in [3.8, 4) is 11.5 Å². The highest BCUT2D eigenvalue weighted by Gasteiger charge is 2.25. The van der Waals surface area contributed by atoms with E-state index in [2.05, 4.69) is 10.3 Å². The molecular weight excluding hydrogens is 276 g/mol. The van der Waals surface area contributed by atoms with Gasteiger partial charge in [0, 0.05) is 17.3 Å². The van der Waals surface area contributed by atoms with Gasteiger partial charge in [-0.2, -0.15) is 0 Å². The number of anilines is 1. The number of ether oxygens (including phenoxy) is 1. The summed E-state index contributed by atoms with van der Waals surface area (Å²) in [7, 11) is 0. The van der Waals surface area contributed by atoms with Gasteiger partial charge in [0.15, 0.2) is 0 Å². The fourth-order valence-electron chi connectivity index (χ4n) is 1.84. The summed E-state index contributed by atoms with van der Waals surface area (Å²) < 4.78 is 5.78. The Labute approximate surface area is 131 Å². The molecule has 2 rings (SSSR count). The lowest BCUT2D eigenvalue weighted by atomic mass is 9.89.